The molecule has 1 N–H and O–H groups in total. The molecule has 2 fully saturated rings. The van der Waals surface area contributed by atoms with E-state index in [0.29, 0.717) is 6.04 Å². The van der Waals surface area contributed by atoms with Crippen molar-refractivity contribution in [3.63, 3.8) is 0 Å². The van der Waals surface area contributed by atoms with Gasteiger partial charge in [0.15, 0.2) is 0 Å². The second-order valence-electron chi connectivity index (χ2n) is 5.88. The van der Waals surface area contributed by atoms with Crippen LogP contribution in [0, 0.1) is 5.92 Å². The van der Waals surface area contributed by atoms with Crippen LogP contribution in [0.2, 0.25) is 0 Å². The minimum absolute atomic E-state index is 0.251. The summed E-state index contributed by atoms with van der Waals surface area (Å²) in [5.74, 6) is 0.732. The van der Waals surface area contributed by atoms with Gasteiger partial charge in [-0.2, -0.15) is 0 Å². The standard InChI is InChI=1S/C15H29NO2/c1-3-9-17-12-14(16-4-2)13-6-10-18-15(11-13)7-5-8-15/h13-14,16H,3-12H2,1-2H3. The maximum absolute atomic E-state index is 6.02. The molecule has 0 aromatic rings. The first-order valence-corrected chi connectivity index (χ1v) is 7.75. The van der Waals surface area contributed by atoms with Crippen LogP contribution in [0.1, 0.15) is 52.4 Å². The van der Waals surface area contributed by atoms with Gasteiger partial charge in [0, 0.05) is 19.3 Å². The number of ether oxygens (including phenoxy) is 2. The van der Waals surface area contributed by atoms with Crippen molar-refractivity contribution < 1.29 is 9.47 Å². The van der Waals surface area contributed by atoms with Gasteiger partial charge in [-0.15, -0.1) is 0 Å². The summed E-state index contributed by atoms with van der Waals surface area (Å²) >= 11 is 0. The third kappa shape index (κ3) is 3.46. The summed E-state index contributed by atoms with van der Waals surface area (Å²) in [6.07, 6.45) is 7.44. The van der Waals surface area contributed by atoms with Crippen molar-refractivity contribution in [1.29, 1.82) is 0 Å². The van der Waals surface area contributed by atoms with Gasteiger partial charge in [0.25, 0.3) is 0 Å². The summed E-state index contributed by atoms with van der Waals surface area (Å²) in [4.78, 5) is 0. The summed E-state index contributed by atoms with van der Waals surface area (Å²) in [6, 6.07) is 0.517. The Hall–Kier alpha value is -0.120. The van der Waals surface area contributed by atoms with E-state index in [-0.39, 0.29) is 5.60 Å². The molecule has 3 heteroatoms. The maximum atomic E-state index is 6.02. The molecule has 0 aromatic carbocycles. The molecule has 0 bridgehead atoms. The van der Waals surface area contributed by atoms with Gasteiger partial charge in [-0.25, -0.2) is 0 Å². The molecule has 1 heterocycles. The van der Waals surface area contributed by atoms with Crippen molar-refractivity contribution in [1.82, 2.24) is 5.32 Å². The van der Waals surface area contributed by atoms with Crippen LogP contribution in [0.5, 0.6) is 0 Å². The second-order valence-corrected chi connectivity index (χ2v) is 5.88. The van der Waals surface area contributed by atoms with Crippen molar-refractivity contribution in [2.75, 3.05) is 26.4 Å². The minimum Gasteiger partial charge on any atom is -0.380 e. The second kappa shape index (κ2) is 6.88. The van der Waals surface area contributed by atoms with Crippen LogP contribution < -0.4 is 5.32 Å². The Morgan fingerprint density at radius 3 is 2.83 bits per heavy atom. The molecular formula is C15H29NO2. The van der Waals surface area contributed by atoms with Crippen LogP contribution in [-0.2, 0) is 9.47 Å². The van der Waals surface area contributed by atoms with Crippen LogP contribution in [0.15, 0.2) is 0 Å². The van der Waals surface area contributed by atoms with Gasteiger partial charge < -0.3 is 14.8 Å². The first-order chi connectivity index (χ1) is 8.79. The van der Waals surface area contributed by atoms with Gasteiger partial charge in [-0.05, 0) is 51.0 Å². The minimum atomic E-state index is 0.251. The molecule has 1 aliphatic carbocycles. The van der Waals surface area contributed by atoms with Gasteiger partial charge in [-0.3, -0.25) is 0 Å². The maximum Gasteiger partial charge on any atom is 0.0685 e. The molecule has 1 aliphatic heterocycles. The van der Waals surface area contributed by atoms with Gasteiger partial charge in [0.2, 0.25) is 0 Å². The predicted molar refractivity (Wildman–Crippen MR) is 73.8 cm³/mol. The van der Waals surface area contributed by atoms with Crippen LogP contribution in [-0.4, -0.2) is 38.0 Å². The van der Waals surface area contributed by atoms with Gasteiger partial charge >= 0.3 is 0 Å². The van der Waals surface area contributed by atoms with Gasteiger partial charge in [-0.1, -0.05) is 13.8 Å². The van der Waals surface area contributed by atoms with E-state index >= 15 is 0 Å². The van der Waals surface area contributed by atoms with Gasteiger partial charge in [0.1, 0.15) is 0 Å². The highest BCUT2D eigenvalue weighted by Crippen LogP contribution is 2.44. The molecule has 106 valence electrons. The molecule has 0 radical (unpaired) electrons. The highest BCUT2D eigenvalue weighted by Gasteiger charge is 2.44. The molecule has 3 nitrogen and oxygen atoms in total. The first-order valence-electron chi connectivity index (χ1n) is 7.75. The first kappa shape index (κ1) is 14.3. The monoisotopic (exact) mass is 255 g/mol. The van der Waals surface area contributed by atoms with E-state index < -0.39 is 0 Å². The van der Waals surface area contributed by atoms with E-state index in [2.05, 4.69) is 19.2 Å². The Kier molecular flexibility index (Phi) is 5.46. The zero-order valence-electron chi connectivity index (χ0n) is 12.0. The Morgan fingerprint density at radius 1 is 1.39 bits per heavy atom. The zero-order valence-corrected chi connectivity index (χ0v) is 12.0. The van der Waals surface area contributed by atoms with E-state index in [0.717, 1.165) is 38.7 Å². The van der Waals surface area contributed by atoms with E-state index in [1.165, 1.54) is 32.1 Å². The number of hydrogen-bond donors (Lipinski definition) is 1. The molecule has 0 aromatic heterocycles. The van der Waals surface area contributed by atoms with Crippen molar-refractivity contribution in [2.24, 2.45) is 5.92 Å². The largest absolute Gasteiger partial charge is 0.380 e. The average Bonchev–Trinajstić information content (AvgIpc) is 2.36. The Bertz CT molecular complexity index is 241. The fourth-order valence-corrected chi connectivity index (χ4v) is 3.31. The van der Waals surface area contributed by atoms with E-state index in [1.54, 1.807) is 0 Å². The number of rotatable bonds is 7. The molecule has 1 saturated heterocycles. The predicted octanol–water partition coefficient (Wildman–Crippen LogP) is 2.74. The fraction of sp³-hybridized carbons (Fsp3) is 1.00. The highest BCUT2D eigenvalue weighted by molar-refractivity contribution is 4.96. The summed E-state index contributed by atoms with van der Waals surface area (Å²) in [7, 11) is 0. The molecular weight excluding hydrogens is 226 g/mol. The van der Waals surface area contributed by atoms with Gasteiger partial charge in [0.05, 0.1) is 12.2 Å². The lowest BCUT2D eigenvalue weighted by molar-refractivity contribution is -0.149. The molecule has 0 amide bonds. The lowest BCUT2D eigenvalue weighted by atomic mass is 9.70. The Balaban J connectivity index is 1.84. The summed E-state index contributed by atoms with van der Waals surface area (Å²) < 4.78 is 11.8. The van der Waals surface area contributed by atoms with Crippen molar-refractivity contribution in [3.8, 4) is 0 Å². The van der Waals surface area contributed by atoms with E-state index in [1.807, 2.05) is 0 Å². The summed E-state index contributed by atoms with van der Waals surface area (Å²) in [5.41, 5.74) is 0.251. The lowest BCUT2D eigenvalue weighted by Crippen LogP contribution is -2.51. The Labute approximate surface area is 112 Å². The lowest BCUT2D eigenvalue weighted by Gasteiger charge is -2.48. The summed E-state index contributed by atoms with van der Waals surface area (Å²) in [5, 5.41) is 3.62. The topological polar surface area (TPSA) is 30.5 Å². The zero-order chi connectivity index (χ0) is 12.8. The molecule has 18 heavy (non-hydrogen) atoms. The molecule has 2 unspecified atom stereocenters. The number of likely N-dealkylation sites (N-methyl/N-ethyl adjacent to an activating group) is 1. The third-order valence-electron chi connectivity index (χ3n) is 4.48. The number of hydrogen-bond acceptors (Lipinski definition) is 3. The van der Waals surface area contributed by atoms with Crippen molar-refractivity contribution in [2.45, 2.75) is 64.0 Å². The fourth-order valence-electron chi connectivity index (χ4n) is 3.31. The SMILES string of the molecule is CCCOCC(NCC)C1CCOC2(CCC2)C1. The van der Waals surface area contributed by atoms with Crippen LogP contribution in [0.3, 0.4) is 0 Å². The molecule has 1 spiro atoms. The van der Waals surface area contributed by atoms with E-state index in [4.69, 9.17) is 9.47 Å². The Morgan fingerprint density at radius 2 is 2.22 bits per heavy atom. The quantitative estimate of drug-likeness (QED) is 0.710. The normalized spacial score (nSPS) is 28.0. The average molecular weight is 255 g/mol. The smallest absolute Gasteiger partial charge is 0.0685 e. The summed E-state index contributed by atoms with van der Waals surface area (Å²) in [6.45, 7) is 8.08. The van der Waals surface area contributed by atoms with Crippen LogP contribution in [0.4, 0.5) is 0 Å². The molecule has 2 aliphatic rings. The molecule has 2 atom stereocenters. The van der Waals surface area contributed by atoms with E-state index in [9.17, 15) is 0 Å². The number of nitrogens with one attached hydrogen (secondary N) is 1. The highest BCUT2D eigenvalue weighted by atomic mass is 16.5. The molecule has 2 rings (SSSR count). The van der Waals surface area contributed by atoms with Crippen molar-refractivity contribution >= 4 is 0 Å². The molecule has 1 saturated carbocycles. The third-order valence-corrected chi connectivity index (χ3v) is 4.48. The van der Waals surface area contributed by atoms with Crippen molar-refractivity contribution in [3.05, 3.63) is 0 Å². The van der Waals surface area contributed by atoms with Crippen LogP contribution in [0.25, 0.3) is 0 Å². The van der Waals surface area contributed by atoms with Crippen LogP contribution >= 0.6 is 0 Å².